The normalized spacial score (nSPS) is 17.8. The topological polar surface area (TPSA) is 76.5 Å². The van der Waals surface area contributed by atoms with Crippen LogP contribution >= 0.6 is 0 Å². The van der Waals surface area contributed by atoms with Crippen LogP contribution in [0.25, 0.3) is 11.4 Å². The zero-order valence-electron chi connectivity index (χ0n) is 20.2. The number of fused-ring (bicyclic) bond motifs is 1. The van der Waals surface area contributed by atoms with E-state index in [2.05, 4.69) is 22.3 Å². The number of rotatable bonds is 7. The average Bonchev–Trinajstić information content (AvgIpc) is 3.39. The Morgan fingerprint density at radius 2 is 1.94 bits per heavy atom. The SMILES string of the molecule is Cc1ccc(-c2nc3c(c(=O)n2CC(=O)NC[C@H]2CCCO2)CCN(Cc2ccccc2)C3)cc1. The van der Waals surface area contributed by atoms with Crippen molar-refractivity contribution in [2.75, 3.05) is 19.7 Å². The molecule has 1 fully saturated rings. The van der Waals surface area contributed by atoms with E-state index < -0.39 is 0 Å². The summed E-state index contributed by atoms with van der Waals surface area (Å²) in [5.74, 6) is 0.349. The van der Waals surface area contributed by atoms with E-state index in [9.17, 15) is 9.59 Å². The fourth-order valence-corrected chi connectivity index (χ4v) is 4.86. The minimum absolute atomic E-state index is 0.0528. The standard InChI is InChI=1S/C28H32N4O3/c1-20-9-11-22(12-10-20)27-30-25-18-31(17-21-6-3-2-4-7-21)14-13-24(25)28(34)32(27)19-26(33)29-16-23-8-5-15-35-23/h2-4,6-7,9-12,23H,5,8,13-19H2,1H3,(H,29,33)/t23-/m1/s1. The van der Waals surface area contributed by atoms with Gasteiger partial charge in [0.2, 0.25) is 5.91 Å². The second kappa shape index (κ2) is 10.5. The van der Waals surface area contributed by atoms with E-state index in [1.54, 1.807) is 4.57 Å². The molecule has 0 bridgehead atoms. The summed E-state index contributed by atoms with van der Waals surface area (Å²) < 4.78 is 7.15. The van der Waals surface area contributed by atoms with E-state index in [0.29, 0.717) is 25.3 Å². The first-order valence-electron chi connectivity index (χ1n) is 12.4. The molecule has 0 unspecified atom stereocenters. The number of carbonyl (C=O) groups excluding carboxylic acids is 1. The second-order valence-electron chi connectivity index (χ2n) is 9.50. The summed E-state index contributed by atoms with van der Waals surface area (Å²) in [6.45, 7) is 5.41. The number of benzene rings is 2. The molecule has 1 aromatic heterocycles. The van der Waals surface area contributed by atoms with Crippen LogP contribution in [0.15, 0.2) is 59.4 Å². The number of aromatic nitrogens is 2. The molecule has 2 aliphatic rings. The fourth-order valence-electron chi connectivity index (χ4n) is 4.86. The Hall–Kier alpha value is -3.29. The van der Waals surface area contributed by atoms with E-state index >= 15 is 0 Å². The number of hydrogen-bond donors (Lipinski definition) is 1. The molecule has 35 heavy (non-hydrogen) atoms. The first-order valence-corrected chi connectivity index (χ1v) is 12.4. The molecule has 1 saturated heterocycles. The molecule has 1 N–H and O–H groups in total. The first-order chi connectivity index (χ1) is 17.1. The van der Waals surface area contributed by atoms with Crippen LogP contribution in [0.2, 0.25) is 0 Å². The maximum absolute atomic E-state index is 13.6. The van der Waals surface area contributed by atoms with Gasteiger partial charge in [0, 0.05) is 43.9 Å². The molecule has 2 aliphatic heterocycles. The van der Waals surface area contributed by atoms with Crippen LogP contribution in [0.1, 0.15) is 35.2 Å². The van der Waals surface area contributed by atoms with Crippen LogP contribution in [0, 0.1) is 6.92 Å². The lowest BCUT2D eigenvalue weighted by atomic mass is 10.0. The van der Waals surface area contributed by atoms with Crippen molar-refractivity contribution in [2.24, 2.45) is 0 Å². The third-order valence-electron chi connectivity index (χ3n) is 6.81. The van der Waals surface area contributed by atoms with E-state index in [1.807, 2.05) is 49.4 Å². The molecule has 0 spiro atoms. The molecule has 0 aliphatic carbocycles. The maximum Gasteiger partial charge on any atom is 0.257 e. The summed E-state index contributed by atoms with van der Waals surface area (Å²) in [5, 5.41) is 2.94. The third-order valence-corrected chi connectivity index (χ3v) is 6.81. The van der Waals surface area contributed by atoms with Crippen LogP contribution in [0.5, 0.6) is 0 Å². The van der Waals surface area contributed by atoms with Crippen molar-refractivity contribution in [3.05, 3.63) is 87.3 Å². The molecule has 0 saturated carbocycles. The van der Waals surface area contributed by atoms with Crippen LogP contribution in [0.4, 0.5) is 0 Å². The quantitative estimate of drug-likeness (QED) is 0.572. The largest absolute Gasteiger partial charge is 0.376 e. The van der Waals surface area contributed by atoms with Crippen molar-refractivity contribution in [2.45, 2.75) is 51.9 Å². The average molecular weight is 473 g/mol. The minimum atomic E-state index is -0.195. The number of hydrogen-bond acceptors (Lipinski definition) is 5. The lowest BCUT2D eigenvalue weighted by molar-refractivity contribution is -0.122. The van der Waals surface area contributed by atoms with Crippen LogP contribution < -0.4 is 10.9 Å². The first kappa shape index (κ1) is 23.5. The molecule has 1 amide bonds. The van der Waals surface area contributed by atoms with E-state index in [-0.39, 0.29) is 24.1 Å². The van der Waals surface area contributed by atoms with Gasteiger partial charge in [-0.2, -0.15) is 0 Å². The molecular formula is C28H32N4O3. The Labute approximate surface area is 205 Å². The Morgan fingerprint density at radius 1 is 1.14 bits per heavy atom. The summed E-state index contributed by atoms with van der Waals surface area (Å²) in [6.07, 6.45) is 2.66. The lowest BCUT2D eigenvalue weighted by Gasteiger charge is -2.29. The summed E-state index contributed by atoms with van der Waals surface area (Å²) >= 11 is 0. The molecular weight excluding hydrogens is 440 g/mol. The number of amides is 1. The fraction of sp³-hybridized carbons (Fsp3) is 0.393. The van der Waals surface area contributed by atoms with Gasteiger partial charge < -0.3 is 10.1 Å². The predicted octanol–water partition coefficient (Wildman–Crippen LogP) is 3.07. The highest BCUT2D eigenvalue weighted by Crippen LogP contribution is 2.22. The third kappa shape index (κ3) is 5.52. The van der Waals surface area contributed by atoms with E-state index in [4.69, 9.17) is 9.72 Å². The lowest BCUT2D eigenvalue weighted by Crippen LogP contribution is -2.41. The molecule has 3 heterocycles. The van der Waals surface area contributed by atoms with Gasteiger partial charge in [-0.3, -0.25) is 19.1 Å². The highest BCUT2D eigenvalue weighted by atomic mass is 16.5. The van der Waals surface area contributed by atoms with Gasteiger partial charge in [-0.25, -0.2) is 4.98 Å². The van der Waals surface area contributed by atoms with Gasteiger partial charge >= 0.3 is 0 Å². The summed E-state index contributed by atoms with van der Waals surface area (Å²) in [6, 6.07) is 18.3. The summed E-state index contributed by atoms with van der Waals surface area (Å²) in [7, 11) is 0. The molecule has 2 aromatic carbocycles. The molecule has 7 heteroatoms. The van der Waals surface area contributed by atoms with Gasteiger partial charge in [-0.05, 0) is 31.7 Å². The Balaban J connectivity index is 1.42. The number of nitrogens with zero attached hydrogens (tertiary/aromatic N) is 3. The minimum Gasteiger partial charge on any atom is -0.376 e. The van der Waals surface area contributed by atoms with Gasteiger partial charge in [0.05, 0.1) is 11.8 Å². The highest BCUT2D eigenvalue weighted by Gasteiger charge is 2.25. The van der Waals surface area contributed by atoms with Crippen molar-refractivity contribution in [1.82, 2.24) is 19.8 Å². The second-order valence-corrected chi connectivity index (χ2v) is 9.50. The van der Waals surface area contributed by atoms with Crippen molar-refractivity contribution in [3.63, 3.8) is 0 Å². The van der Waals surface area contributed by atoms with Gasteiger partial charge in [-0.1, -0.05) is 60.2 Å². The number of nitrogens with one attached hydrogen (secondary N) is 1. The number of aryl methyl sites for hydroxylation is 1. The molecule has 0 radical (unpaired) electrons. The molecule has 5 rings (SSSR count). The Morgan fingerprint density at radius 3 is 2.69 bits per heavy atom. The van der Waals surface area contributed by atoms with Gasteiger partial charge in [0.15, 0.2) is 0 Å². The van der Waals surface area contributed by atoms with Crippen LogP contribution in [-0.4, -0.2) is 46.2 Å². The van der Waals surface area contributed by atoms with Gasteiger partial charge in [-0.15, -0.1) is 0 Å². The van der Waals surface area contributed by atoms with Crippen molar-refractivity contribution < 1.29 is 9.53 Å². The van der Waals surface area contributed by atoms with Crippen molar-refractivity contribution in [3.8, 4) is 11.4 Å². The highest BCUT2D eigenvalue weighted by molar-refractivity contribution is 5.76. The Bertz CT molecular complexity index is 1230. The van der Waals surface area contributed by atoms with Crippen LogP contribution in [0.3, 0.4) is 0 Å². The zero-order valence-corrected chi connectivity index (χ0v) is 20.2. The molecule has 1 atom stereocenters. The maximum atomic E-state index is 13.6. The molecule has 7 nitrogen and oxygen atoms in total. The zero-order chi connectivity index (χ0) is 24.2. The predicted molar refractivity (Wildman–Crippen MR) is 135 cm³/mol. The van der Waals surface area contributed by atoms with Gasteiger partial charge in [0.25, 0.3) is 5.56 Å². The number of carbonyl (C=O) groups is 1. The monoisotopic (exact) mass is 472 g/mol. The van der Waals surface area contributed by atoms with Crippen LogP contribution in [-0.2, 0) is 35.6 Å². The van der Waals surface area contributed by atoms with E-state index in [1.165, 1.54) is 5.56 Å². The Kier molecular flexibility index (Phi) is 7.06. The molecule has 182 valence electrons. The van der Waals surface area contributed by atoms with Crippen molar-refractivity contribution >= 4 is 5.91 Å². The summed E-state index contributed by atoms with van der Waals surface area (Å²) in [5.41, 5.74) is 4.62. The summed E-state index contributed by atoms with van der Waals surface area (Å²) in [4.78, 5) is 33.7. The molecule has 3 aromatic rings. The smallest absolute Gasteiger partial charge is 0.257 e. The van der Waals surface area contributed by atoms with Crippen molar-refractivity contribution in [1.29, 1.82) is 0 Å². The van der Waals surface area contributed by atoms with E-state index in [0.717, 1.165) is 54.9 Å². The van der Waals surface area contributed by atoms with Gasteiger partial charge in [0.1, 0.15) is 12.4 Å². The number of ether oxygens (including phenoxy) is 1.